The first-order chi connectivity index (χ1) is 16.5. The Morgan fingerprint density at radius 1 is 0.971 bits per heavy atom. The Morgan fingerprint density at radius 3 is 2.43 bits per heavy atom. The molecule has 4 nitrogen and oxygen atoms in total. The average Bonchev–Trinajstić information content (AvgIpc) is 2.79. The van der Waals surface area contributed by atoms with E-state index in [1.807, 2.05) is 57.2 Å². The van der Waals surface area contributed by atoms with Crippen LogP contribution in [0.3, 0.4) is 0 Å². The zero-order valence-electron chi connectivity index (χ0n) is 19.6. The molecule has 4 rings (SSSR count). The van der Waals surface area contributed by atoms with Gasteiger partial charge in [-0.2, -0.15) is 13.2 Å². The van der Waals surface area contributed by atoms with E-state index in [9.17, 15) is 18.0 Å². The number of fused-ring (bicyclic) bond motifs is 1. The van der Waals surface area contributed by atoms with Gasteiger partial charge in [0.2, 0.25) is 0 Å². The van der Waals surface area contributed by atoms with Gasteiger partial charge in [-0.3, -0.25) is 9.78 Å². The van der Waals surface area contributed by atoms with Gasteiger partial charge in [0.05, 0.1) is 17.5 Å². The molecule has 0 aliphatic carbocycles. The number of carboxylic acids is 1. The van der Waals surface area contributed by atoms with E-state index in [1.165, 1.54) is 12.3 Å². The molecule has 4 aromatic rings. The molecule has 35 heavy (non-hydrogen) atoms. The standard InChI is InChI=1S/C28H25F3N2O2/c1-16-11-24(17(2)10-21(16)13-25(34)35)32-15-19-6-4-7-20(12-19)26-18(3)14-33-27-22(26)8-5-9-23(27)28(29,30)31/h4-12,14,32H,13,15H2,1-3H3,(H,34,35). The summed E-state index contributed by atoms with van der Waals surface area (Å²) in [5.74, 6) is -0.869. The molecule has 3 aromatic carbocycles. The van der Waals surface area contributed by atoms with Crippen LogP contribution in [0.5, 0.6) is 0 Å². The molecule has 0 radical (unpaired) electrons. The van der Waals surface area contributed by atoms with Gasteiger partial charge in [0.1, 0.15) is 0 Å². The zero-order chi connectivity index (χ0) is 25.3. The van der Waals surface area contributed by atoms with Gasteiger partial charge in [-0.15, -0.1) is 0 Å². The van der Waals surface area contributed by atoms with Crippen molar-refractivity contribution < 1.29 is 23.1 Å². The van der Waals surface area contributed by atoms with Crippen molar-refractivity contribution in [2.24, 2.45) is 0 Å². The van der Waals surface area contributed by atoms with E-state index in [0.717, 1.165) is 50.7 Å². The van der Waals surface area contributed by atoms with Crippen LogP contribution in [-0.2, 0) is 23.9 Å². The number of carbonyl (C=O) groups is 1. The van der Waals surface area contributed by atoms with Gasteiger partial charge in [0, 0.05) is 23.8 Å². The summed E-state index contributed by atoms with van der Waals surface area (Å²) in [6.45, 7) is 6.16. The summed E-state index contributed by atoms with van der Waals surface area (Å²) in [5.41, 5.74) is 6.03. The first-order valence-corrected chi connectivity index (χ1v) is 11.1. The smallest absolute Gasteiger partial charge is 0.418 e. The normalized spacial score (nSPS) is 11.6. The number of benzene rings is 3. The molecular weight excluding hydrogens is 453 g/mol. The van der Waals surface area contributed by atoms with Crippen molar-refractivity contribution in [1.29, 1.82) is 0 Å². The number of nitrogens with one attached hydrogen (secondary N) is 1. The van der Waals surface area contributed by atoms with Crippen molar-refractivity contribution in [2.45, 2.75) is 39.9 Å². The molecule has 180 valence electrons. The Bertz CT molecular complexity index is 1430. The molecule has 1 heterocycles. The minimum atomic E-state index is -4.49. The highest BCUT2D eigenvalue weighted by atomic mass is 19.4. The van der Waals surface area contributed by atoms with Crippen LogP contribution in [0.2, 0.25) is 0 Å². The van der Waals surface area contributed by atoms with E-state index in [2.05, 4.69) is 10.3 Å². The van der Waals surface area contributed by atoms with Crippen LogP contribution in [-0.4, -0.2) is 16.1 Å². The Balaban J connectivity index is 1.66. The predicted molar refractivity (Wildman–Crippen MR) is 132 cm³/mol. The molecule has 0 saturated carbocycles. The minimum absolute atomic E-state index is 0.0235. The third-order valence-electron chi connectivity index (χ3n) is 6.12. The lowest BCUT2D eigenvalue weighted by Crippen LogP contribution is -2.07. The second-order valence-corrected chi connectivity index (χ2v) is 8.73. The summed E-state index contributed by atoms with van der Waals surface area (Å²) in [4.78, 5) is 15.2. The number of carboxylic acid groups (broad SMARTS) is 1. The summed E-state index contributed by atoms with van der Waals surface area (Å²) in [7, 11) is 0. The Hall–Kier alpha value is -3.87. The largest absolute Gasteiger partial charge is 0.481 e. The number of hydrogen-bond acceptors (Lipinski definition) is 3. The van der Waals surface area contributed by atoms with E-state index < -0.39 is 17.7 Å². The van der Waals surface area contributed by atoms with Gasteiger partial charge in [0.15, 0.2) is 0 Å². The molecule has 1 aromatic heterocycles. The molecule has 0 unspecified atom stereocenters. The third kappa shape index (κ3) is 5.14. The highest BCUT2D eigenvalue weighted by molar-refractivity contribution is 5.97. The molecule has 0 amide bonds. The predicted octanol–water partition coefficient (Wildman–Crippen LogP) is 7.09. The van der Waals surface area contributed by atoms with Crippen LogP contribution in [0.15, 0.2) is 60.8 Å². The minimum Gasteiger partial charge on any atom is -0.481 e. The second kappa shape index (κ2) is 9.41. The molecule has 0 saturated heterocycles. The summed E-state index contributed by atoms with van der Waals surface area (Å²) in [6.07, 6.45) is -3.02. The molecule has 0 aliphatic heterocycles. The Labute approximate surface area is 201 Å². The zero-order valence-corrected chi connectivity index (χ0v) is 19.6. The van der Waals surface area contributed by atoms with Crippen LogP contribution in [0, 0.1) is 20.8 Å². The average molecular weight is 479 g/mol. The first-order valence-electron chi connectivity index (χ1n) is 11.1. The van der Waals surface area contributed by atoms with Crippen LogP contribution in [0.4, 0.5) is 18.9 Å². The highest BCUT2D eigenvalue weighted by Gasteiger charge is 2.33. The van der Waals surface area contributed by atoms with Gasteiger partial charge in [-0.05, 0) is 77.9 Å². The molecule has 0 spiro atoms. The van der Waals surface area contributed by atoms with Gasteiger partial charge in [-0.25, -0.2) is 0 Å². The molecular formula is C28H25F3N2O2. The van der Waals surface area contributed by atoms with E-state index in [-0.39, 0.29) is 11.9 Å². The van der Waals surface area contributed by atoms with E-state index >= 15 is 0 Å². The fourth-order valence-corrected chi connectivity index (χ4v) is 4.39. The number of halogens is 3. The maximum Gasteiger partial charge on any atom is 0.418 e. The highest BCUT2D eigenvalue weighted by Crippen LogP contribution is 2.38. The van der Waals surface area contributed by atoms with Crippen LogP contribution in [0.1, 0.15) is 33.4 Å². The lowest BCUT2D eigenvalue weighted by molar-refractivity contribution is -0.137. The Kier molecular flexibility index (Phi) is 6.52. The number of rotatable bonds is 6. The number of alkyl halides is 3. The van der Waals surface area contributed by atoms with Crippen molar-refractivity contribution in [2.75, 3.05) is 5.32 Å². The summed E-state index contributed by atoms with van der Waals surface area (Å²) >= 11 is 0. The molecule has 0 aliphatic rings. The van der Waals surface area contributed by atoms with Crippen molar-refractivity contribution in [3.63, 3.8) is 0 Å². The number of aliphatic carboxylic acids is 1. The number of nitrogens with zero attached hydrogens (tertiary/aromatic N) is 1. The maximum absolute atomic E-state index is 13.5. The van der Waals surface area contributed by atoms with Gasteiger partial charge < -0.3 is 10.4 Å². The summed E-state index contributed by atoms with van der Waals surface area (Å²) < 4.78 is 40.6. The third-order valence-corrected chi connectivity index (χ3v) is 6.12. The van der Waals surface area contributed by atoms with E-state index in [4.69, 9.17) is 5.11 Å². The van der Waals surface area contributed by atoms with Gasteiger partial charge in [-0.1, -0.05) is 36.4 Å². The van der Waals surface area contributed by atoms with Crippen molar-refractivity contribution >= 4 is 22.6 Å². The number of hydrogen-bond donors (Lipinski definition) is 2. The topological polar surface area (TPSA) is 62.2 Å². The number of aromatic nitrogens is 1. The first kappa shape index (κ1) is 24.3. The van der Waals surface area contributed by atoms with Crippen LogP contribution in [0.25, 0.3) is 22.0 Å². The SMILES string of the molecule is Cc1cc(NCc2cccc(-c3c(C)cnc4c(C(F)(F)F)cccc34)c2)c(C)cc1CC(=O)O. The number of pyridine rings is 1. The maximum atomic E-state index is 13.5. The number of para-hydroxylation sites is 1. The molecule has 0 fully saturated rings. The van der Waals surface area contributed by atoms with Crippen molar-refractivity contribution in [3.8, 4) is 11.1 Å². The molecule has 2 N–H and O–H groups in total. The second-order valence-electron chi connectivity index (χ2n) is 8.73. The fraction of sp³-hybridized carbons (Fsp3) is 0.214. The summed E-state index contributed by atoms with van der Waals surface area (Å²) in [5, 5.41) is 13.0. The monoisotopic (exact) mass is 478 g/mol. The summed E-state index contributed by atoms with van der Waals surface area (Å²) in [6, 6.07) is 15.7. The number of anilines is 1. The fourth-order valence-electron chi connectivity index (χ4n) is 4.39. The van der Waals surface area contributed by atoms with Crippen molar-refractivity contribution in [3.05, 3.63) is 94.2 Å². The molecule has 0 atom stereocenters. The van der Waals surface area contributed by atoms with E-state index in [1.54, 1.807) is 6.07 Å². The quantitative estimate of drug-likeness (QED) is 0.311. The lowest BCUT2D eigenvalue weighted by Gasteiger charge is -2.16. The molecule has 0 bridgehead atoms. The van der Waals surface area contributed by atoms with Crippen molar-refractivity contribution in [1.82, 2.24) is 4.98 Å². The molecule has 7 heteroatoms. The van der Waals surface area contributed by atoms with Gasteiger partial charge >= 0.3 is 12.1 Å². The number of aryl methyl sites for hydroxylation is 3. The van der Waals surface area contributed by atoms with E-state index in [0.29, 0.717) is 11.9 Å². The Morgan fingerprint density at radius 2 is 1.71 bits per heavy atom. The lowest BCUT2D eigenvalue weighted by atomic mass is 9.94. The van der Waals surface area contributed by atoms with Crippen LogP contribution < -0.4 is 5.32 Å². The van der Waals surface area contributed by atoms with Gasteiger partial charge in [0.25, 0.3) is 0 Å². The van der Waals surface area contributed by atoms with Crippen LogP contribution >= 0.6 is 0 Å².